The number of aryl methyl sites for hydroxylation is 2. The first-order chi connectivity index (χ1) is 13.0. The molecular formula is C20H24N4O3. The number of hydrogen-bond donors (Lipinski definition) is 2. The number of carbonyl (C=O) groups excluding carboxylic acids is 2. The van der Waals surface area contributed by atoms with Gasteiger partial charge in [0.1, 0.15) is 11.5 Å². The molecule has 7 heteroatoms. The number of aromatic nitrogens is 1. The molecule has 142 valence electrons. The Kier molecular flexibility index (Phi) is 4.47. The number of piperidine rings is 1. The number of rotatable bonds is 4. The molecular weight excluding hydrogens is 344 g/mol. The molecule has 27 heavy (non-hydrogen) atoms. The van der Waals surface area contributed by atoms with Crippen LogP contribution in [0.25, 0.3) is 0 Å². The van der Waals surface area contributed by atoms with Crippen LogP contribution in [0.5, 0.6) is 0 Å². The number of amides is 3. The summed E-state index contributed by atoms with van der Waals surface area (Å²) in [5.74, 6) is 1.67. The van der Waals surface area contributed by atoms with Crippen LogP contribution in [0.15, 0.2) is 35.0 Å². The summed E-state index contributed by atoms with van der Waals surface area (Å²) in [6.07, 6.45) is 4.95. The zero-order valence-corrected chi connectivity index (χ0v) is 15.6. The minimum atomic E-state index is -1.03. The van der Waals surface area contributed by atoms with Crippen LogP contribution in [0, 0.1) is 19.8 Å². The Bertz CT molecular complexity index is 836. The van der Waals surface area contributed by atoms with Crippen LogP contribution >= 0.6 is 0 Å². The van der Waals surface area contributed by atoms with Gasteiger partial charge in [0.05, 0.1) is 6.54 Å². The number of hydrogen-bond acceptors (Lipinski definition) is 5. The first-order valence-corrected chi connectivity index (χ1v) is 9.31. The summed E-state index contributed by atoms with van der Waals surface area (Å²) in [5, 5.41) is 5.32. The molecule has 4 heterocycles. The lowest BCUT2D eigenvalue weighted by atomic mass is 9.73. The topological polar surface area (TPSA) is 87.5 Å². The van der Waals surface area contributed by atoms with Crippen molar-refractivity contribution < 1.29 is 14.0 Å². The van der Waals surface area contributed by atoms with Gasteiger partial charge in [-0.25, -0.2) is 4.79 Å². The van der Waals surface area contributed by atoms with E-state index in [0.29, 0.717) is 0 Å². The smallest absolute Gasteiger partial charge is 0.322 e. The highest BCUT2D eigenvalue weighted by atomic mass is 16.3. The number of carbonyl (C=O) groups is 2. The summed E-state index contributed by atoms with van der Waals surface area (Å²) >= 11 is 0. The van der Waals surface area contributed by atoms with Crippen LogP contribution < -0.4 is 10.6 Å². The molecule has 0 spiro atoms. The summed E-state index contributed by atoms with van der Waals surface area (Å²) in [4.78, 5) is 31.2. The van der Waals surface area contributed by atoms with E-state index in [2.05, 4.69) is 26.6 Å². The van der Waals surface area contributed by atoms with Crippen molar-refractivity contribution in [2.24, 2.45) is 5.92 Å². The zero-order valence-electron chi connectivity index (χ0n) is 15.6. The third-order valence-electron chi connectivity index (χ3n) is 5.81. The molecule has 2 N–H and O–H groups in total. The molecule has 1 atom stereocenters. The highest BCUT2D eigenvalue weighted by Gasteiger charge is 2.53. The second-order valence-electron chi connectivity index (χ2n) is 7.46. The second kappa shape index (κ2) is 6.81. The van der Waals surface area contributed by atoms with Crippen molar-refractivity contribution in [1.82, 2.24) is 20.5 Å². The van der Waals surface area contributed by atoms with Gasteiger partial charge < -0.3 is 9.73 Å². The standard InChI is InChI=1S/C20H24N4O3/c1-13-10-17(27-14(13)2)12-24-8-5-15(6-9-24)20(16-4-3-7-21-11-16)18(25)22-19(26)23-20/h3-4,7,10-11,15H,5-6,8-9,12H2,1-2H3,(H2,22,23,25,26). The summed E-state index contributed by atoms with van der Waals surface area (Å²) in [6.45, 7) is 6.47. The number of pyridine rings is 1. The Balaban J connectivity index is 1.51. The van der Waals surface area contributed by atoms with Crippen molar-refractivity contribution in [1.29, 1.82) is 0 Å². The van der Waals surface area contributed by atoms with E-state index in [4.69, 9.17) is 4.42 Å². The van der Waals surface area contributed by atoms with Gasteiger partial charge in [-0.3, -0.25) is 20.0 Å². The SMILES string of the molecule is Cc1cc(CN2CCC(C3(c4cccnc4)NC(=O)NC3=O)CC2)oc1C. The first-order valence-electron chi connectivity index (χ1n) is 9.31. The Hall–Kier alpha value is -2.67. The van der Waals surface area contributed by atoms with Crippen molar-refractivity contribution in [3.63, 3.8) is 0 Å². The molecule has 0 saturated carbocycles. The molecule has 0 aromatic carbocycles. The molecule has 2 aliphatic heterocycles. The predicted octanol–water partition coefficient (Wildman–Crippen LogP) is 2.24. The second-order valence-corrected chi connectivity index (χ2v) is 7.46. The molecule has 2 aliphatic rings. The maximum absolute atomic E-state index is 12.8. The minimum Gasteiger partial charge on any atom is -0.465 e. The van der Waals surface area contributed by atoms with Crippen molar-refractivity contribution in [2.45, 2.75) is 38.8 Å². The summed E-state index contributed by atoms with van der Waals surface area (Å²) in [5.41, 5.74) is 0.875. The van der Waals surface area contributed by atoms with Crippen molar-refractivity contribution in [3.05, 3.63) is 53.2 Å². The minimum absolute atomic E-state index is 0.0180. The average Bonchev–Trinajstić information content (AvgIpc) is 3.14. The van der Waals surface area contributed by atoms with Gasteiger partial charge in [0.25, 0.3) is 5.91 Å². The van der Waals surface area contributed by atoms with Crippen molar-refractivity contribution in [2.75, 3.05) is 13.1 Å². The Morgan fingerprint density at radius 3 is 2.63 bits per heavy atom. The van der Waals surface area contributed by atoms with Crippen LogP contribution in [0.4, 0.5) is 4.79 Å². The fourth-order valence-electron chi connectivity index (χ4n) is 4.26. The number of furan rings is 1. The van der Waals surface area contributed by atoms with Crippen LogP contribution in [-0.2, 0) is 16.9 Å². The van der Waals surface area contributed by atoms with E-state index in [1.807, 2.05) is 19.9 Å². The maximum atomic E-state index is 12.8. The molecule has 1 unspecified atom stereocenters. The van der Waals surface area contributed by atoms with E-state index in [0.717, 1.165) is 49.6 Å². The summed E-state index contributed by atoms with van der Waals surface area (Å²) in [7, 11) is 0. The Morgan fingerprint density at radius 2 is 2.07 bits per heavy atom. The average molecular weight is 368 g/mol. The first kappa shape index (κ1) is 17.7. The van der Waals surface area contributed by atoms with Crippen molar-refractivity contribution in [3.8, 4) is 0 Å². The normalized spacial score (nSPS) is 24.1. The van der Waals surface area contributed by atoms with Gasteiger partial charge in [0.2, 0.25) is 0 Å². The molecule has 2 aromatic heterocycles. The largest absolute Gasteiger partial charge is 0.465 e. The molecule has 0 aliphatic carbocycles. The lowest BCUT2D eigenvalue weighted by molar-refractivity contribution is -0.127. The van der Waals surface area contributed by atoms with E-state index in [1.165, 1.54) is 5.56 Å². The van der Waals surface area contributed by atoms with E-state index in [9.17, 15) is 9.59 Å². The summed E-state index contributed by atoms with van der Waals surface area (Å²) < 4.78 is 5.79. The van der Waals surface area contributed by atoms with Crippen LogP contribution in [0.1, 0.15) is 35.5 Å². The van der Waals surface area contributed by atoms with Gasteiger partial charge in [-0.2, -0.15) is 0 Å². The molecule has 0 bridgehead atoms. The number of imide groups is 1. The number of likely N-dealkylation sites (tertiary alicyclic amines) is 1. The third-order valence-corrected chi connectivity index (χ3v) is 5.81. The maximum Gasteiger partial charge on any atom is 0.322 e. The molecule has 2 fully saturated rings. The van der Waals surface area contributed by atoms with E-state index in [1.54, 1.807) is 18.5 Å². The fourth-order valence-corrected chi connectivity index (χ4v) is 4.26. The van der Waals surface area contributed by atoms with E-state index >= 15 is 0 Å². The highest BCUT2D eigenvalue weighted by molar-refractivity contribution is 6.07. The molecule has 3 amide bonds. The predicted molar refractivity (Wildman–Crippen MR) is 98.8 cm³/mol. The number of nitrogens with zero attached hydrogens (tertiary/aromatic N) is 2. The van der Waals surface area contributed by atoms with E-state index < -0.39 is 11.6 Å². The molecule has 7 nitrogen and oxygen atoms in total. The monoisotopic (exact) mass is 368 g/mol. The molecule has 2 aromatic rings. The fraction of sp³-hybridized carbons (Fsp3) is 0.450. The van der Waals surface area contributed by atoms with Gasteiger partial charge in [0, 0.05) is 18.0 Å². The summed E-state index contributed by atoms with van der Waals surface area (Å²) in [6, 6.07) is 5.31. The third kappa shape index (κ3) is 3.12. The Labute approximate surface area is 158 Å². The van der Waals surface area contributed by atoms with Gasteiger partial charge >= 0.3 is 6.03 Å². The number of nitrogens with one attached hydrogen (secondary N) is 2. The van der Waals surface area contributed by atoms with Crippen molar-refractivity contribution >= 4 is 11.9 Å². The molecule has 4 rings (SSSR count). The zero-order chi connectivity index (χ0) is 19.0. The van der Waals surface area contributed by atoms with Gasteiger partial charge in [0.15, 0.2) is 5.54 Å². The van der Waals surface area contributed by atoms with E-state index in [-0.39, 0.29) is 11.8 Å². The number of urea groups is 1. The Morgan fingerprint density at radius 1 is 1.30 bits per heavy atom. The van der Waals surface area contributed by atoms with Gasteiger partial charge in [-0.05, 0) is 63.4 Å². The molecule has 0 radical (unpaired) electrons. The van der Waals surface area contributed by atoms with Crippen LogP contribution in [0.2, 0.25) is 0 Å². The quantitative estimate of drug-likeness (QED) is 0.808. The van der Waals surface area contributed by atoms with Crippen LogP contribution in [-0.4, -0.2) is 34.9 Å². The van der Waals surface area contributed by atoms with Gasteiger partial charge in [-0.15, -0.1) is 0 Å². The van der Waals surface area contributed by atoms with Crippen LogP contribution in [0.3, 0.4) is 0 Å². The van der Waals surface area contributed by atoms with Gasteiger partial charge in [-0.1, -0.05) is 6.07 Å². The molecule has 2 saturated heterocycles. The lowest BCUT2D eigenvalue weighted by Crippen LogP contribution is -2.53. The highest BCUT2D eigenvalue weighted by Crippen LogP contribution is 2.39. The lowest BCUT2D eigenvalue weighted by Gasteiger charge is -2.40.